The number of carbonyl (C=O) groups excluding carboxylic acids is 1. The number of aliphatic hydroxyl groups is 1. The van der Waals surface area contributed by atoms with Crippen molar-refractivity contribution in [3.05, 3.63) is 12.7 Å². The molecule has 2 N–H and O–H groups in total. The average molecular weight is 226 g/mol. The summed E-state index contributed by atoms with van der Waals surface area (Å²) in [7, 11) is 0. The number of aliphatic hydroxyl groups excluding tert-OH is 1. The lowest BCUT2D eigenvalue weighted by atomic mass is 9.95. The molecule has 0 bridgehead atoms. The van der Waals surface area contributed by atoms with Crippen molar-refractivity contribution in [2.45, 2.75) is 19.3 Å². The van der Waals surface area contributed by atoms with Crippen molar-refractivity contribution in [2.75, 3.05) is 32.8 Å². The molecular formula is C12H22N2O2. The Morgan fingerprint density at radius 2 is 2.44 bits per heavy atom. The van der Waals surface area contributed by atoms with E-state index in [2.05, 4.69) is 16.8 Å². The predicted molar refractivity (Wildman–Crippen MR) is 64.1 cm³/mol. The maximum atomic E-state index is 11.5. The molecule has 1 aliphatic rings. The predicted octanol–water partition coefficient (Wildman–Crippen LogP) is 0.383. The van der Waals surface area contributed by atoms with E-state index >= 15 is 0 Å². The number of piperidine rings is 1. The molecular weight excluding hydrogens is 204 g/mol. The lowest BCUT2D eigenvalue weighted by molar-refractivity contribution is -0.122. The number of hydrogen-bond donors (Lipinski definition) is 2. The van der Waals surface area contributed by atoms with Crippen LogP contribution in [0.4, 0.5) is 0 Å². The van der Waals surface area contributed by atoms with Crippen LogP contribution in [-0.2, 0) is 4.79 Å². The van der Waals surface area contributed by atoms with Crippen LogP contribution in [0.2, 0.25) is 0 Å². The minimum Gasteiger partial charge on any atom is -0.396 e. The largest absolute Gasteiger partial charge is 0.396 e. The summed E-state index contributed by atoms with van der Waals surface area (Å²) >= 11 is 0. The third-order valence-corrected chi connectivity index (χ3v) is 2.95. The average Bonchev–Trinajstić information content (AvgIpc) is 2.27. The maximum absolute atomic E-state index is 11.5. The van der Waals surface area contributed by atoms with Gasteiger partial charge < -0.3 is 10.4 Å². The van der Waals surface area contributed by atoms with Gasteiger partial charge in [-0.05, 0) is 31.7 Å². The van der Waals surface area contributed by atoms with Crippen molar-refractivity contribution in [2.24, 2.45) is 5.92 Å². The van der Waals surface area contributed by atoms with Gasteiger partial charge >= 0.3 is 0 Å². The molecule has 1 heterocycles. The van der Waals surface area contributed by atoms with Gasteiger partial charge in [0.1, 0.15) is 0 Å². The molecule has 0 aliphatic carbocycles. The fourth-order valence-electron chi connectivity index (χ4n) is 2.16. The second-order valence-electron chi connectivity index (χ2n) is 4.35. The van der Waals surface area contributed by atoms with E-state index in [1.54, 1.807) is 6.08 Å². The van der Waals surface area contributed by atoms with Gasteiger partial charge in [-0.1, -0.05) is 6.08 Å². The van der Waals surface area contributed by atoms with E-state index in [9.17, 15) is 4.79 Å². The molecule has 0 aromatic rings. The van der Waals surface area contributed by atoms with Gasteiger partial charge in [-0.15, -0.1) is 6.58 Å². The Morgan fingerprint density at radius 3 is 3.12 bits per heavy atom. The van der Waals surface area contributed by atoms with Gasteiger partial charge in [0.2, 0.25) is 5.91 Å². The molecule has 4 heteroatoms. The van der Waals surface area contributed by atoms with Crippen LogP contribution in [0.25, 0.3) is 0 Å². The molecule has 1 amide bonds. The number of carbonyl (C=O) groups is 1. The Balaban J connectivity index is 2.25. The van der Waals surface area contributed by atoms with Crippen molar-refractivity contribution >= 4 is 5.91 Å². The summed E-state index contributed by atoms with van der Waals surface area (Å²) in [5.74, 6) is 0.607. The molecule has 1 unspecified atom stereocenters. The zero-order chi connectivity index (χ0) is 11.8. The zero-order valence-electron chi connectivity index (χ0n) is 9.82. The summed E-state index contributed by atoms with van der Waals surface area (Å²) < 4.78 is 0. The highest BCUT2D eigenvalue weighted by Gasteiger charge is 2.20. The van der Waals surface area contributed by atoms with Crippen LogP contribution in [0, 0.1) is 5.92 Å². The third-order valence-electron chi connectivity index (χ3n) is 2.95. The van der Waals surface area contributed by atoms with Crippen LogP contribution in [0.1, 0.15) is 19.3 Å². The Bertz CT molecular complexity index is 229. The lowest BCUT2D eigenvalue weighted by Gasteiger charge is -2.31. The summed E-state index contributed by atoms with van der Waals surface area (Å²) in [6, 6.07) is 0. The van der Waals surface area contributed by atoms with E-state index in [0.717, 1.165) is 25.9 Å². The highest BCUT2D eigenvalue weighted by atomic mass is 16.3. The fourth-order valence-corrected chi connectivity index (χ4v) is 2.16. The Kier molecular flexibility index (Phi) is 6.11. The number of likely N-dealkylation sites (tertiary alicyclic amines) is 1. The smallest absolute Gasteiger partial charge is 0.234 e. The second kappa shape index (κ2) is 7.41. The van der Waals surface area contributed by atoms with Crippen molar-refractivity contribution in [3.63, 3.8) is 0 Å². The molecule has 0 saturated carbocycles. The van der Waals surface area contributed by atoms with Crippen LogP contribution in [0.15, 0.2) is 12.7 Å². The van der Waals surface area contributed by atoms with E-state index in [1.165, 1.54) is 6.42 Å². The van der Waals surface area contributed by atoms with E-state index in [0.29, 0.717) is 19.0 Å². The SMILES string of the molecule is C=CCNC(=O)CN1CCCC(CCO)C1. The van der Waals surface area contributed by atoms with Crippen LogP contribution in [0.3, 0.4) is 0 Å². The zero-order valence-corrected chi connectivity index (χ0v) is 9.82. The molecule has 0 spiro atoms. The summed E-state index contributed by atoms with van der Waals surface area (Å²) in [6.45, 7) is 6.74. The van der Waals surface area contributed by atoms with E-state index in [-0.39, 0.29) is 12.5 Å². The molecule has 1 aliphatic heterocycles. The molecule has 1 atom stereocenters. The molecule has 16 heavy (non-hydrogen) atoms. The summed E-state index contributed by atoms with van der Waals surface area (Å²) in [6.07, 6.45) is 4.83. The van der Waals surface area contributed by atoms with Gasteiger partial charge in [0.15, 0.2) is 0 Å². The maximum Gasteiger partial charge on any atom is 0.234 e. The highest BCUT2D eigenvalue weighted by molar-refractivity contribution is 5.78. The van der Waals surface area contributed by atoms with Crippen LogP contribution in [0.5, 0.6) is 0 Å². The number of rotatable bonds is 6. The van der Waals surface area contributed by atoms with Crippen molar-refractivity contribution < 1.29 is 9.90 Å². The lowest BCUT2D eigenvalue weighted by Crippen LogP contribution is -2.42. The van der Waals surface area contributed by atoms with E-state index in [1.807, 2.05) is 0 Å². The first-order chi connectivity index (χ1) is 7.76. The Morgan fingerprint density at radius 1 is 1.62 bits per heavy atom. The van der Waals surface area contributed by atoms with Gasteiger partial charge in [-0.3, -0.25) is 9.69 Å². The normalized spacial score (nSPS) is 21.7. The number of hydrogen-bond acceptors (Lipinski definition) is 3. The molecule has 0 aromatic carbocycles. The molecule has 1 saturated heterocycles. The molecule has 1 rings (SSSR count). The summed E-state index contributed by atoms with van der Waals surface area (Å²) in [5.41, 5.74) is 0. The standard InChI is InChI=1S/C12H22N2O2/c1-2-6-13-12(16)10-14-7-3-4-11(9-14)5-8-15/h2,11,15H,1,3-10H2,(H,13,16). The Labute approximate surface area is 97.3 Å². The fraction of sp³-hybridized carbons (Fsp3) is 0.750. The third kappa shape index (κ3) is 4.77. The number of amides is 1. The van der Waals surface area contributed by atoms with Crippen LogP contribution < -0.4 is 5.32 Å². The molecule has 92 valence electrons. The molecule has 0 aromatic heterocycles. The Hall–Kier alpha value is -0.870. The summed E-state index contributed by atoms with van der Waals surface area (Å²) in [4.78, 5) is 13.7. The van der Waals surface area contributed by atoms with Gasteiger partial charge in [0, 0.05) is 19.7 Å². The first-order valence-corrected chi connectivity index (χ1v) is 5.97. The molecule has 1 fully saturated rings. The topological polar surface area (TPSA) is 52.6 Å². The van der Waals surface area contributed by atoms with Crippen LogP contribution in [-0.4, -0.2) is 48.7 Å². The molecule has 4 nitrogen and oxygen atoms in total. The van der Waals surface area contributed by atoms with Gasteiger partial charge in [-0.25, -0.2) is 0 Å². The summed E-state index contributed by atoms with van der Waals surface area (Å²) in [5, 5.41) is 11.7. The van der Waals surface area contributed by atoms with Crippen molar-refractivity contribution in [3.8, 4) is 0 Å². The number of nitrogens with one attached hydrogen (secondary N) is 1. The minimum absolute atomic E-state index is 0.0598. The van der Waals surface area contributed by atoms with E-state index < -0.39 is 0 Å². The van der Waals surface area contributed by atoms with Crippen LogP contribution >= 0.6 is 0 Å². The highest BCUT2D eigenvalue weighted by Crippen LogP contribution is 2.18. The van der Waals surface area contributed by atoms with E-state index in [4.69, 9.17) is 5.11 Å². The first-order valence-electron chi connectivity index (χ1n) is 5.97. The first kappa shape index (κ1) is 13.2. The minimum atomic E-state index is 0.0598. The van der Waals surface area contributed by atoms with Gasteiger partial charge in [0.25, 0.3) is 0 Å². The van der Waals surface area contributed by atoms with Crippen molar-refractivity contribution in [1.82, 2.24) is 10.2 Å². The van der Waals surface area contributed by atoms with Crippen molar-refractivity contribution in [1.29, 1.82) is 0 Å². The number of nitrogens with zero attached hydrogens (tertiary/aromatic N) is 1. The molecule has 0 radical (unpaired) electrons. The van der Waals surface area contributed by atoms with Gasteiger partial charge in [-0.2, -0.15) is 0 Å². The quantitative estimate of drug-likeness (QED) is 0.644. The second-order valence-corrected chi connectivity index (χ2v) is 4.35. The monoisotopic (exact) mass is 226 g/mol. The van der Waals surface area contributed by atoms with Gasteiger partial charge in [0.05, 0.1) is 6.54 Å².